The molecule has 1 aliphatic heterocycles. The van der Waals surface area contributed by atoms with Gasteiger partial charge in [0.15, 0.2) is 12.4 Å². The number of likely N-dealkylation sites (N-methyl/N-ethyl adjacent to an activating group) is 1. The fraction of sp³-hybridized carbons (Fsp3) is 0.185. The number of sulfonamides is 1. The summed E-state index contributed by atoms with van der Waals surface area (Å²) in [5, 5.41) is 0.320. The molecule has 0 spiro atoms. The van der Waals surface area contributed by atoms with E-state index in [1.165, 1.54) is 48.5 Å². The number of anilines is 2. The Bertz CT molecular complexity index is 1530. The van der Waals surface area contributed by atoms with Gasteiger partial charge in [-0.2, -0.15) is 0 Å². The van der Waals surface area contributed by atoms with Crippen molar-refractivity contribution in [3.8, 4) is 0 Å². The van der Waals surface area contributed by atoms with E-state index in [1.54, 1.807) is 0 Å². The molecule has 37 heavy (non-hydrogen) atoms. The number of rotatable bonds is 7. The van der Waals surface area contributed by atoms with Crippen molar-refractivity contribution < 1.29 is 22.7 Å². The van der Waals surface area contributed by atoms with Gasteiger partial charge in [-0.15, -0.1) is 0 Å². The Hall–Kier alpha value is -3.33. The molecule has 0 bridgehead atoms. The molecule has 0 atom stereocenters. The number of hydrogen-bond acceptors (Lipinski definition) is 6. The summed E-state index contributed by atoms with van der Waals surface area (Å²) in [6.07, 6.45) is 1.50. The van der Waals surface area contributed by atoms with E-state index >= 15 is 0 Å². The summed E-state index contributed by atoms with van der Waals surface area (Å²) < 4.78 is 33.0. The molecule has 0 unspecified atom stereocenters. The maximum absolute atomic E-state index is 12.7. The summed E-state index contributed by atoms with van der Waals surface area (Å²) in [4.78, 5) is 27.2. The standard InChI is InChI=1S/C27H24Cl2N2O5S/c1-27(2)21-9-4-5-10-24(21)31(3)25(27)14-19(32)16-36-26(33)17-7-6-8-18(13-17)30-37(34,35)20-11-12-22(28)23(29)15-20/h4-15,30H,16H2,1-3H3. The van der Waals surface area contributed by atoms with Crippen LogP contribution in [0.25, 0.3) is 0 Å². The normalized spacial score (nSPS) is 15.4. The smallest absolute Gasteiger partial charge is 0.338 e. The molecule has 3 aromatic carbocycles. The molecule has 0 saturated heterocycles. The van der Waals surface area contributed by atoms with Crippen molar-refractivity contribution in [1.82, 2.24) is 0 Å². The van der Waals surface area contributed by atoms with Gasteiger partial charge in [0.2, 0.25) is 0 Å². The van der Waals surface area contributed by atoms with Crippen LogP contribution in [0.15, 0.2) is 83.4 Å². The highest BCUT2D eigenvalue weighted by molar-refractivity contribution is 7.92. The van der Waals surface area contributed by atoms with Crippen LogP contribution >= 0.6 is 23.2 Å². The minimum absolute atomic E-state index is 0.0838. The van der Waals surface area contributed by atoms with E-state index in [2.05, 4.69) is 4.72 Å². The second-order valence-electron chi connectivity index (χ2n) is 9.04. The summed E-state index contributed by atoms with van der Waals surface area (Å²) in [6, 6.07) is 17.6. The third-order valence-electron chi connectivity index (χ3n) is 6.14. The van der Waals surface area contributed by atoms with Crippen LogP contribution in [-0.2, 0) is 25.0 Å². The summed E-state index contributed by atoms with van der Waals surface area (Å²) in [5.74, 6) is -1.13. The van der Waals surface area contributed by atoms with Gasteiger partial charge in [0.25, 0.3) is 10.0 Å². The first-order valence-corrected chi connectivity index (χ1v) is 13.5. The molecule has 0 aromatic heterocycles. The third-order valence-corrected chi connectivity index (χ3v) is 8.25. The van der Waals surface area contributed by atoms with E-state index in [1.807, 2.05) is 50.1 Å². The van der Waals surface area contributed by atoms with Gasteiger partial charge >= 0.3 is 5.97 Å². The quantitative estimate of drug-likeness (QED) is 0.289. The lowest BCUT2D eigenvalue weighted by Gasteiger charge is -2.23. The van der Waals surface area contributed by atoms with E-state index in [9.17, 15) is 18.0 Å². The van der Waals surface area contributed by atoms with Crippen molar-refractivity contribution in [2.45, 2.75) is 24.2 Å². The number of halogens is 2. The van der Waals surface area contributed by atoms with Crippen molar-refractivity contribution >= 4 is 56.4 Å². The molecule has 3 aromatic rings. The molecule has 0 fully saturated rings. The van der Waals surface area contributed by atoms with Crippen molar-refractivity contribution in [2.24, 2.45) is 0 Å². The SMILES string of the molecule is CN1C(=CC(=O)COC(=O)c2cccc(NS(=O)(=O)c3ccc(Cl)c(Cl)c3)c2)C(C)(C)c2ccccc21. The average molecular weight is 559 g/mol. The van der Waals surface area contributed by atoms with Gasteiger partial charge < -0.3 is 9.64 Å². The topological polar surface area (TPSA) is 92.8 Å². The van der Waals surface area contributed by atoms with E-state index in [0.29, 0.717) is 0 Å². The predicted molar refractivity (Wildman–Crippen MR) is 145 cm³/mol. The fourth-order valence-electron chi connectivity index (χ4n) is 4.24. The second kappa shape index (κ2) is 10.2. The first-order valence-electron chi connectivity index (χ1n) is 11.2. The number of para-hydroxylation sites is 1. The number of esters is 1. The van der Waals surface area contributed by atoms with Crippen LogP contribution in [0.3, 0.4) is 0 Å². The van der Waals surface area contributed by atoms with Crippen LogP contribution in [0.5, 0.6) is 0 Å². The maximum Gasteiger partial charge on any atom is 0.338 e. The van der Waals surface area contributed by atoms with Gasteiger partial charge in [0.05, 0.1) is 20.5 Å². The number of fused-ring (bicyclic) bond motifs is 1. The molecule has 1 N–H and O–H groups in total. The number of benzene rings is 3. The van der Waals surface area contributed by atoms with Crippen LogP contribution in [0.1, 0.15) is 29.8 Å². The van der Waals surface area contributed by atoms with Gasteiger partial charge in [-0.25, -0.2) is 13.2 Å². The Kier molecular flexibility index (Phi) is 7.37. The van der Waals surface area contributed by atoms with Gasteiger partial charge in [-0.3, -0.25) is 9.52 Å². The molecular formula is C27H24Cl2N2O5S. The Morgan fingerprint density at radius 1 is 1.00 bits per heavy atom. The van der Waals surface area contributed by atoms with Crippen molar-refractivity contribution in [3.63, 3.8) is 0 Å². The molecule has 0 amide bonds. The summed E-state index contributed by atoms with van der Waals surface area (Å²) >= 11 is 11.8. The molecule has 7 nitrogen and oxygen atoms in total. The van der Waals surface area contributed by atoms with Crippen LogP contribution < -0.4 is 9.62 Å². The number of nitrogens with one attached hydrogen (secondary N) is 1. The third kappa shape index (κ3) is 5.51. The summed E-state index contributed by atoms with van der Waals surface area (Å²) in [7, 11) is -2.09. The van der Waals surface area contributed by atoms with Crippen molar-refractivity contribution in [1.29, 1.82) is 0 Å². The first kappa shape index (κ1) is 26.7. The monoisotopic (exact) mass is 558 g/mol. The second-order valence-corrected chi connectivity index (χ2v) is 11.5. The number of allylic oxidation sites excluding steroid dienone is 1. The Morgan fingerprint density at radius 3 is 2.43 bits per heavy atom. The molecule has 0 radical (unpaired) electrons. The minimum atomic E-state index is -3.98. The van der Waals surface area contributed by atoms with E-state index < -0.39 is 22.6 Å². The maximum atomic E-state index is 12.7. The molecule has 1 heterocycles. The van der Waals surface area contributed by atoms with Crippen LogP contribution in [0.2, 0.25) is 10.0 Å². The first-order chi connectivity index (χ1) is 17.4. The molecular weight excluding hydrogens is 535 g/mol. The minimum Gasteiger partial charge on any atom is -0.454 e. The molecule has 4 rings (SSSR count). The predicted octanol–water partition coefficient (Wildman–Crippen LogP) is 5.83. The van der Waals surface area contributed by atoms with E-state index in [-0.39, 0.29) is 37.4 Å². The van der Waals surface area contributed by atoms with E-state index in [0.717, 1.165) is 16.9 Å². The lowest BCUT2D eigenvalue weighted by molar-refractivity contribution is -0.117. The van der Waals surface area contributed by atoms with Gasteiger partial charge in [0, 0.05) is 35.6 Å². The molecule has 0 aliphatic carbocycles. The Balaban J connectivity index is 1.43. The highest BCUT2D eigenvalue weighted by atomic mass is 35.5. The molecule has 10 heteroatoms. The van der Waals surface area contributed by atoms with Crippen molar-refractivity contribution in [3.05, 3.63) is 99.7 Å². The fourth-order valence-corrected chi connectivity index (χ4v) is 5.68. The summed E-state index contributed by atoms with van der Waals surface area (Å²) in [5.41, 5.74) is 2.76. The zero-order valence-corrected chi connectivity index (χ0v) is 22.6. The summed E-state index contributed by atoms with van der Waals surface area (Å²) in [6.45, 7) is 3.61. The largest absolute Gasteiger partial charge is 0.454 e. The zero-order valence-electron chi connectivity index (χ0n) is 20.3. The van der Waals surface area contributed by atoms with Crippen LogP contribution in [-0.4, -0.2) is 33.8 Å². The van der Waals surface area contributed by atoms with Crippen LogP contribution in [0.4, 0.5) is 11.4 Å². The number of ether oxygens (including phenoxy) is 1. The number of nitrogens with zero attached hydrogens (tertiary/aromatic N) is 1. The molecule has 192 valence electrons. The van der Waals surface area contributed by atoms with Gasteiger partial charge in [-0.1, -0.05) is 61.3 Å². The highest BCUT2D eigenvalue weighted by Crippen LogP contribution is 2.46. The number of carbonyl (C=O) groups is 2. The average Bonchev–Trinajstić information content (AvgIpc) is 3.04. The molecule has 1 aliphatic rings. The lowest BCUT2D eigenvalue weighted by atomic mass is 9.83. The van der Waals surface area contributed by atoms with Gasteiger partial charge in [-0.05, 0) is 48.0 Å². The van der Waals surface area contributed by atoms with Crippen molar-refractivity contribution in [2.75, 3.05) is 23.3 Å². The number of ketones is 1. The number of hydrogen-bond donors (Lipinski definition) is 1. The lowest BCUT2D eigenvalue weighted by Crippen LogP contribution is -2.25. The zero-order chi connectivity index (χ0) is 27.0. The highest BCUT2D eigenvalue weighted by Gasteiger charge is 2.38. The Labute approximate surface area is 225 Å². The molecule has 0 saturated carbocycles. The Morgan fingerprint density at radius 2 is 1.73 bits per heavy atom. The van der Waals surface area contributed by atoms with E-state index in [4.69, 9.17) is 27.9 Å². The number of carbonyl (C=O) groups excluding carboxylic acids is 2. The van der Waals surface area contributed by atoms with Gasteiger partial charge in [0.1, 0.15) is 0 Å². The van der Waals surface area contributed by atoms with Crippen LogP contribution in [0, 0.1) is 0 Å².